The third kappa shape index (κ3) is 20.4. The summed E-state index contributed by atoms with van der Waals surface area (Å²) in [5, 5.41) is 22.4. The number of amides is 7. The lowest BCUT2D eigenvalue weighted by Crippen LogP contribution is -2.43. The first-order chi connectivity index (χ1) is 35.1. The number of hydrogen-bond donors (Lipinski definition) is 11. The number of hydrogen-bond acceptors (Lipinski definition) is 15. The normalized spacial score (nSPS) is 12.2. The van der Waals surface area contributed by atoms with Gasteiger partial charge in [-0.25, -0.2) is 5.48 Å². The summed E-state index contributed by atoms with van der Waals surface area (Å²) in [6, 6.07) is 13.9. The van der Waals surface area contributed by atoms with Crippen molar-refractivity contribution in [3.8, 4) is 0 Å². The Morgan fingerprint density at radius 1 is 0.658 bits per heavy atom. The van der Waals surface area contributed by atoms with Gasteiger partial charge < -0.3 is 36.4 Å². The van der Waals surface area contributed by atoms with Gasteiger partial charge in [0, 0.05) is 78.8 Å². The van der Waals surface area contributed by atoms with Crippen molar-refractivity contribution in [2.24, 2.45) is 0 Å². The zero-order valence-corrected chi connectivity index (χ0v) is 42.4. The summed E-state index contributed by atoms with van der Waals surface area (Å²) in [7, 11) is 0. The molecule has 23 nitrogen and oxygen atoms in total. The summed E-state index contributed by atoms with van der Waals surface area (Å²) in [5.74, 6) is -2.79. The smallest absolute Gasteiger partial charge is 0.327 e. The number of rotatable bonds is 26. The van der Waals surface area contributed by atoms with Crippen LogP contribution < -0.4 is 62.9 Å². The number of ether oxygens (including phenoxy) is 1. The molecule has 1 aliphatic rings. The molecule has 392 valence electrons. The van der Waals surface area contributed by atoms with Crippen molar-refractivity contribution in [2.45, 2.75) is 53.8 Å². The Morgan fingerprint density at radius 2 is 1.22 bits per heavy atom. The number of aryl methyl sites for hydroxylation is 4. The highest BCUT2D eigenvalue weighted by molar-refractivity contribution is 7.99. The van der Waals surface area contributed by atoms with Gasteiger partial charge in [-0.15, -0.1) is 0 Å². The Balaban J connectivity index is 0.934. The summed E-state index contributed by atoms with van der Waals surface area (Å²) in [5.41, 5.74) is 19.7. The molecule has 11 N–H and O–H groups in total. The van der Waals surface area contributed by atoms with Crippen molar-refractivity contribution in [3.05, 3.63) is 107 Å². The molecule has 0 spiro atoms. The van der Waals surface area contributed by atoms with Crippen LogP contribution in [0.5, 0.6) is 0 Å². The number of carbonyl (C=O) groups excluding carboxylic acids is 7. The fraction of sp³-hybridized carbons (Fsp3) is 0.408. The Bertz CT molecular complexity index is 2560. The van der Waals surface area contributed by atoms with Crippen molar-refractivity contribution in [1.29, 1.82) is 0 Å². The summed E-state index contributed by atoms with van der Waals surface area (Å²) in [4.78, 5) is 95.1. The standard InChI is InChI=1S/C49H65N13O10S/c1-33-22-37(28-61(26-33)30-43(64)54-39-6-8-41(35(3)24-39)56-58-48(69)46(67)50-10-5-14-60-15-18-71-19-16-60)32-72-53-13-21-73-20-12-52-45(66)38-23-34(2)27-62(29-38)31-44(65)55-40-7-9-42(36(4)25-40)57-59-49(70)47(68)51-11-17-63/h6-9,22-29,53,63H,5,10-21,30-32H2,1-4H3,(H7-2,50,51,52,54,55,56,57,58,59,64,65,66,67,68,69,70)/p+2. The van der Waals surface area contributed by atoms with E-state index in [-0.39, 0.29) is 50.6 Å². The van der Waals surface area contributed by atoms with Gasteiger partial charge in [0.15, 0.2) is 24.8 Å². The first kappa shape index (κ1) is 56.7. The first-order valence-electron chi connectivity index (χ1n) is 23.8. The van der Waals surface area contributed by atoms with Crippen molar-refractivity contribution >= 4 is 75.9 Å². The summed E-state index contributed by atoms with van der Waals surface area (Å²) in [6.07, 6.45) is 7.83. The third-order valence-electron chi connectivity index (χ3n) is 10.8. The number of aromatic nitrogens is 2. The van der Waals surface area contributed by atoms with E-state index in [4.69, 9.17) is 14.7 Å². The fourth-order valence-electron chi connectivity index (χ4n) is 7.34. The molecule has 2 aromatic carbocycles. The Morgan fingerprint density at radius 3 is 1.81 bits per heavy atom. The average molecular weight is 1030 g/mol. The molecule has 0 bridgehead atoms. The molecular formula is C49H67N13O10S+2. The summed E-state index contributed by atoms with van der Waals surface area (Å²) >= 11 is 1.64. The first-order valence-corrected chi connectivity index (χ1v) is 24.9. The molecule has 24 heteroatoms. The third-order valence-corrected chi connectivity index (χ3v) is 11.8. The number of thioether (sulfide) groups is 1. The molecule has 0 unspecified atom stereocenters. The second-order valence-electron chi connectivity index (χ2n) is 17.1. The maximum Gasteiger partial charge on any atom is 0.327 e. The number of hydroxylamine groups is 1. The second kappa shape index (κ2) is 30.0. The molecule has 4 aromatic rings. The minimum absolute atomic E-state index is 0.0466. The van der Waals surface area contributed by atoms with E-state index in [0.717, 1.165) is 54.1 Å². The van der Waals surface area contributed by atoms with E-state index in [0.29, 0.717) is 72.5 Å². The van der Waals surface area contributed by atoms with Crippen LogP contribution in [0.1, 0.15) is 44.6 Å². The number of carbonyl (C=O) groups is 7. The van der Waals surface area contributed by atoms with Crippen LogP contribution in [0.15, 0.2) is 73.3 Å². The van der Waals surface area contributed by atoms with Crippen LogP contribution >= 0.6 is 11.8 Å². The van der Waals surface area contributed by atoms with E-state index >= 15 is 0 Å². The number of anilines is 4. The Kier molecular flexibility index (Phi) is 23.3. The van der Waals surface area contributed by atoms with Gasteiger partial charge in [0.1, 0.15) is 5.56 Å². The molecule has 1 aliphatic heterocycles. The van der Waals surface area contributed by atoms with Crippen molar-refractivity contribution < 1.29 is 57.4 Å². The summed E-state index contributed by atoms with van der Waals surface area (Å²) < 4.78 is 8.77. The van der Waals surface area contributed by atoms with E-state index in [2.05, 4.69) is 58.7 Å². The Hall–Kier alpha value is -7.22. The number of hydrazine groups is 2. The van der Waals surface area contributed by atoms with Crippen LogP contribution in [0, 0.1) is 27.7 Å². The van der Waals surface area contributed by atoms with Gasteiger partial charge in [-0.2, -0.15) is 20.9 Å². The molecule has 5 rings (SSSR count). The lowest BCUT2D eigenvalue weighted by atomic mass is 10.2. The van der Waals surface area contributed by atoms with Crippen molar-refractivity contribution in [3.63, 3.8) is 0 Å². The van der Waals surface area contributed by atoms with Gasteiger partial charge in [0.2, 0.25) is 13.1 Å². The molecule has 1 fully saturated rings. The highest BCUT2D eigenvalue weighted by Gasteiger charge is 2.19. The van der Waals surface area contributed by atoms with Crippen molar-refractivity contribution in [2.75, 3.05) is 98.6 Å². The highest BCUT2D eigenvalue weighted by Crippen LogP contribution is 2.20. The minimum Gasteiger partial charge on any atom is -0.395 e. The van der Waals surface area contributed by atoms with Crippen LogP contribution in [0.25, 0.3) is 0 Å². The van der Waals surface area contributed by atoms with Crippen LogP contribution in [-0.2, 0) is 58.0 Å². The molecule has 0 saturated carbocycles. The van der Waals surface area contributed by atoms with E-state index in [1.807, 2.05) is 39.2 Å². The topological polar surface area (TPSA) is 289 Å². The number of pyridine rings is 2. The number of aliphatic hydroxyl groups is 1. The van der Waals surface area contributed by atoms with Crippen LogP contribution in [0.2, 0.25) is 0 Å². The molecule has 1 saturated heterocycles. The van der Waals surface area contributed by atoms with Gasteiger partial charge in [0.05, 0.1) is 37.8 Å². The van der Waals surface area contributed by atoms with Gasteiger partial charge in [-0.3, -0.25) is 65.0 Å². The molecule has 0 radical (unpaired) electrons. The fourth-order valence-corrected chi connectivity index (χ4v) is 8.02. The molecule has 0 atom stereocenters. The zero-order valence-electron chi connectivity index (χ0n) is 41.6. The largest absolute Gasteiger partial charge is 0.395 e. The number of benzene rings is 2. The van der Waals surface area contributed by atoms with Crippen molar-refractivity contribution in [1.82, 2.24) is 37.2 Å². The molecule has 7 amide bonds. The quantitative estimate of drug-likeness (QED) is 0.0168. The predicted octanol–water partition coefficient (Wildman–Crippen LogP) is -0.210. The number of aliphatic hydroxyl groups excluding tert-OH is 1. The number of morpholine rings is 1. The molecule has 2 aromatic heterocycles. The van der Waals surface area contributed by atoms with Gasteiger partial charge in [-0.05, 0) is 100 Å². The second-order valence-corrected chi connectivity index (χ2v) is 18.3. The number of nitrogens with one attached hydrogen (secondary N) is 10. The van der Waals surface area contributed by atoms with Gasteiger partial charge >= 0.3 is 23.6 Å². The van der Waals surface area contributed by atoms with Crippen LogP contribution in [-0.4, -0.2) is 128 Å². The highest BCUT2D eigenvalue weighted by atomic mass is 32.2. The number of nitrogens with zero attached hydrogens (tertiary/aromatic N) is 3. The van der Waals surface area contributed by atoms with E-state index < -0.39 is 23.6 Å². The van der Waals surface area contributed by atoms with Gasteiger partial charge in [-0.1, -0.05) is 0 Å². The maximum atomic E-state index is 13.0. The lowest BCUT2D eigenvalue weighted by Gasteiger charge is -2.26. The zero-order chi connectivity index (χ0) is 52.5. The molecule has 73 heavy (non-hydrogen) atoms. The van der Waals surface area contributed by atoms with Crippen LogP contribution in [0.3, 0.4) is 0 Å². The molecule has 3 heterocycles. The monoisotopic (exact) mass is 1030 g/mol. The minimum atomic E-state index is -0.925. The lowest BCUT2D eigenvalue weighted by molar-refractivity contribution is -0.684. The van der Waals surface area contributed by atoms with E-state index in [1.165, 1.54) is 0 Å². The average Bonchev–Trinajstić information content (AvgIpc) is 3.35. The van der Waals surface area contributed by atoms with E-state index in [1.54, 1.807) is 82.7 Å². The van der Waals surface area contributed by atoms with Crippen LogP contribution in [0.4, 0.5) is 22.7 Å². The van der Waals surface area contributed by atoms with E-state index in [9.17, 15) is 33.6 Å². The summed E-state index contributed by atoms with van der Waals surface area (Å²) in [6.45, 7) is 12.6. The van der Waals surface area contributed by atoms with Gasteiger partial charge in [0.25, 0.3) is 17.7 Å². The maximum absolute atomic E-state index is 13.0. The Labute approximate surface area is 428 Å². The SMILES string of the molecule is Cc1cc(CONCCSCCNC(=O)c2cc(C)c[n+](CC(=O)Nc3ccc(NNC(=O)C(=O)NCCO)c(C)c3)c2)c[n+](CC(=O)Nc2ccc(NNC(=O)C(=O)NCCCN3CCOCC3)c(C)c2)c1. The molecular weight excluding hydrogens is 963 g/mol. The predicted molar refractivity (Wildman–Crippen MR) is 273 cm³/mol. The molecule has 0 aliphatic carbocycles.